The highest BCUT2D eigenvalue weighted by molar-refractivity contribution is 5.77. The number of hydrogen-bond donors (Lipinski definition) is 1. The molecule has 2 fully saturated rings. The number of likely N-dealkylation sites (tertiary alicyclic amines) is 2. The molecular weight excluding hydrogens is 240 g/mol. The Bertz CT molecular complexity index is 337. The summed E-state index contributed by atoms with van der Waals surface area (Å²) >= 11 is 0. The third-order valence-electron chi connectivity index (χ3n) is 5.10. The molecule has 0 radical (unpaired) electrons. The van der Waals surface area contributed by atoms with E-state index in [0.717, 1.165) is 32.5 Å². The van der Waals surface area contributed by atoms with Crippen molar-refractivity contribution in [3.05, 3.63) is 0 Å². The highest BCUT2D eigenvalue weighted by Crippen LogP contribution is 2.38. The maximum Gasteiger partial charge on any atom is 0.323 e. The highest BCUT2D eigenvalue weighted by atomic mass is 16.4. The minimum atomic E-state index is -0.785. The molecule has 2 saturated heterocycles. The van der Waals surface area contributed by atoms with Crippen molar-refractivity contribution in [2.75, 3.05) is 19.6 Å². The van der Waals surface area contributed by atoms with Crippen molar-refractivity contribution in [2.24, 2.45) is 0 Å². The van der Waals surface area contributed by atoms with Crippen molar-refractivity contribution in [1.82, 2.24) is 9.80 Å². The predicted octanol–water partition coefficient (Wildman–Crippen LogP) is 2.54. The summed E-state index contributed by atoms with van der Waals surface area (Å²) in [5.41, 5.74) is -0.868. The first-order chi connectivity index (χ1) is 8.89. The van der Waals surface area contributed by atoms with Crippen molar-refractivity contribution in [3.8, 4) is 0 Å². The van der Waals surface area contributed by atoms with Crippen LogP contribution in [0.2, 0.25) is 0 Å². The van der Waals surface area contributed by atoms with Gasteiger partial charge in [0.05, 0.1) is 5.66 Å². The van der Waals surface area contributed by atoms with Crippen LogP contribution in [-0.2, 0) is 4.79 Å². The van der Waals surface area contributed by atoms with Crippen molar-refractivity contribution >= 4 is 5.97 Å². The van der Waals surface area contributed by atoms with Crippen molar-refractivity contribution in [1.29, 1.82) is 0 Å². The van der Waals surface area contributed by atoms with Crippen LogP contribution in [-0.4, -0.2) is 51.7 Å². The fourth-order valence-electron chi connectivity index (χ4n) is 3.81. The molecule has 2 aliphatic heterocycles. The van der Waals surface area contributed by atoms with Crippen LogP contribution in [0.1, 0.15) is 59.3 Å². The Hall–Kier alpha value is -0.610. The molecule has 1 N–H and O–H groups in total. The molecule has 0 saturated carbocycles. The molecule has 0 bridgehead atoms. The van der Waals surface area contributed by atoms with Crippen molar-refractivity contribution in [2.45, 2.75) is 70.5 Å². The second kappa shape index (κ2) is 5.41. The number of hydrogen-bond acceptors (Lipinski definition) is 3. The quantitative estimate of drug-likeness (QED) is 0.854. The van der Waals surface area contributed by atoms with Crippen LogP contribution in [0, 0.1) is 0 Å². The standard InChI is InChI=1S/C15H28N2O2/c1-14(2,13(18)19)17-12-8-5-9-15(17,3)16-10-6-4-7-11-16/h4-12H2,1-3H3,(H,18,19). The summed E-state index contributed by atoms with van der Waals surface area (Å²) in [6, 6.07) is 0. The van der Waals surface area contributed by atoms with Gasteiger partial charge in [-0.25, -0.2) is 0 Å². The van der Waals surface area contributed by atoms with Gasteiger partial charge in [-0.05, 0) is 66.0 Å². The summed E-state index contributed by atoms with van der Waals surface area (Å²) in [6.07, 6.45) is 7.21. The zero-order valence-electron chi connectivity index (χ0n) is 12.6. The van der Waals surface area contributed by atoms with Gasteiger partial charge >= 0.3 is 5.97 Å². The molecule has 4 nitrogen and oxygen atoms in total. The van der Waals surface area contributed by atoms with Gasteiger partial charge in [-0.2, -0.15) is 0 Å². The van der Waals surface area contributed by atoms with E-state index in [-0.39, 0.29) is 5.66 Å². The summed E-state index contributed by atoms with van der Waals surface area (Å²) in [4.78, 5) is 16.4. The Labute approximate surface area is 116 Å². The van der Waals surface area contributed by atoms with Gasteiger partial charge in [0.1, 0.15) is 5.54 Å². The monoisotopic (exact) mass is 268 g/mol. The SMILES string of the molecule is CC(C)(C(=O)O)N1CCCCC1(C)N1CCCCC1. The van der Waals surface area contributed by atoms with Gasteiger partial charge in [0, 0.05) is 6.54 Å². The van der Waals surface area contributed by atoms with E-state index >= 15 is 0 Å². The van der Waals surface area contributed by atoms with Crippen LogP contribution in [0.3, 0.4) is 0 Å². The molecule has 2 aliphatic rings. The van der Waals surface area contributed by atoms with Gasteiger partial charge in [-0.15, -0.1) is 0 Å². The van der Waals surface area contributed by atoms with E-state index in [0.29, 0.717) is 0 Å². The second-order valence-electron chi connectivity index (χ2n) is 6.74. The van der Waals surface area contributed by atoms with E-state index in [4.69, 9.17) is 0 Å². The zero-order valence-corrected chi connectivity index (χ0v) is 12.6. The number of carboxylic acids is 1. The van der Waals surface area contributed by atoms with E-state index in [9.17, 15) is 9.90 Å². The molecule has 0 aromatic carbocycles. The Morgan fingerprint density at radius 2 is 1.63 bits per heavy atom. The molecule has 0 aliphatic carbocycles. The molecule has 110 valence electrons. The lowest BCUT2D eigenvalue weighted by atomic mass is 9.87. The van der Waals surface area contributed by atoms with Gasteiger partial charge in [0.25, 0.3) is 0 Å². The Balaban J connectivity index is 2.25. The summed E-state index contributed by atoms with van der Waals surface area (Å²) < 4.78 is 0. The zero-order chi connectivity index (χ0) is 14.1. The predicted molar refractivity (Wildman–Crippen MR) is 76.1 cm³/mol. The van der Waals surface area contributed by atoms with Crippen molar-refractivity contribution < 1.29 is 9.90 Å². The molecule has 0 aromatic heterocycles. The first-order valence-electron chi connectivity index (χ1n) is 7.65. The first kappa shape index (κ1) is 14.8. The smallest absolute Gasteiger partial charge is 0.323 e. The molecular formula is C15H28N2O2. The van der Waals surface area contributed by atoms with E-state index in [2.05, 4.69) is 16.7 Å². The maximum atomic E-state index is 11.6. The fraction of sp³-hybridized carbons (Fsp3) is 0.933. The largest absolute Gasteiger partial charge is 0.480 e. The number of piperidine rings is 2. The Kier molecular flexibility index (Phi) is 4.21. The van der Waals surface area contributed by atoms with E-state index in [1.807, 2.05) is 13.8 Å². The summed E-state index contributed by atoms with van der Waals surface area (Å²) in [5.74, 6) is -0.711. The summed E-state index contributed by atoms with van der Waals surface area (Å²) in [5, 5.41) is 9.56. The van der Waals surface area contributed by atoms with Gasteiger partial charge in [-0.1, -0.05) is 6.42 Å². The average molecular weight is 268 g/mol. The number of carbonyl (C=O) groups is 1. The third kappa shape index (κ3) is 2.65. The Morgan fingerprint density at radius 3 is 2.21 bits per heavy atom. The maximum absolute atomic E-state index is 11.6. The number of carboxylic acid groups (broad SMARTS) is 1. The number of aliphatic carboxylic acids is 1. The molecule has 1 unspecified atom stereocenters. The normalized spacial score (nSPS) is 31.3. The average Bonchev–Trinajstić information content (AvgIpc) is 2.40. The lowest BCUT2D eigenvalue weighted by Crippen LogP contribution is -2.69. The lowest BCUT2D eigenvalue weighted by Gasteiger charge is -2.56. The molecule has 1 atom stereocenters. The van der Waals surface area contributed by atoms with Gasteiger partial charge in [-0.3, -0.25) is 14.6 Å². The lowest BCUT2D eigenvalue weighted by molar-refractivity contribution is -0.170. The minimum Gasteiger partial charge on any atom is -0.480 e. The third-order valence-corrected chi connectivity index (χ3v) is 5.10. The van der Waals surface area contributed by atoms with Crippen molar-refractivity contribution in [3.63, 3.8) is 0 Å². The van der Waals surface area contributed by atoms with Crippen LogP contribution in [0.15, 0.2) is 0 Å². The van der Waals surface area contributed by atoms with Crippen LogP contribution < -0.4 is 0 Å². The van der Waals surface area contributed by atoms with Gasteiger partial charge in [0.15, 0.2) is 0 Å². The van der Waals surface area contributed by atoms with Crippen LogP contribution in [0.5, 0.6) is 0 Å². The fourth-order valence-corrected chi connectivity index (χ4v) is 3.81. The van der Waals surface area contributed by atoms with Crippen LogP contribution >= 0.6 is 0 Å². The Morgan fingerprint density at radius 1 is 1.05 bits per heavy atom. The first-order valence-corrected chi connectivity index (χ1v) is 7.65. The van der Waals surface area contributed by atoms with Gasteiger partial charge in [0.2, 0.25) is 0 Å². The molecule has 4 heteroatoms. The molecule has 2 rings (SSSR count). The number of rotatable bonds is 3. The molecule has 2 heterocycles. The molecule has 19 heavy (non-hydrogen) atoms. The van der Waals surface area contributed by atoms with Crippen LogP contribution in [0.25, 0.3) is 0 Å². The molecule has 0 aromatic rings. The highest BCUT2D eigenvalue weighted by Gasteiger charge is 2.49. The summed E-state index contributed by atoms with van der Waals surface area (Å²) in [6.45, 7) is 9.07. The topological polar surface area (TPSA) is 43.8 Å². The summed E-state index contributed by atoms with van der Waals surface area (Å²) in [7, 11) is 0. The minimum absolute atomic E-state index is 0.0828. The van der Waals surface area contributed by atoms with E-state index in [1.54, 1.807) is 0 Å². The van der Waals surface area contributed by atoms with E-state index < -0.39 is 11.5 Å². The number of nitrogens with zero attached hydrogens (tertiary/aromatic N) is 2. The van der Waals surface area contributed by atoms with E-state index in [1.165, 1.54) is 25.7 Å². The van der Waals surface area contributed by atoms with Gasteiger partial charge < -0.3 is 5.11 Å². The second-order valence-corrected chi connectivity index (χ2v) is 6.74. The van der Waals surface area contributed by atoms with Crippen LogP contribution in [0.4, 0.5) is 0 Å². The molecule has 0 amide bonds. The molecule has 0 spiro atoms.